The van der Waals surface area contributed by atoms with Crippen LogP contribution < -0.4 is 5.32 Å². The number of unbranched alkanes of at least 4 members (excludes halogenated alkanes) is 29. The van der Waals surface area contributed by atoms with Crippen molar-refractivity contribution < 1.29 is 32.9 Å². The average molecular weight is 828 g/mol. The van der Waals surface area contributed by atoms with E-state index in [1.807, 2.05) is 27.2 Å². The number of carbonyl (C=O) groups is 1. The summed E-state index contributed by atoms with van der Waals surface area (Å²) in [6, 6.07) is -0.843. The first-order valence-corrected chi connectivity index (χ1v) is 25.7. The molecule has 3 N–H and O–H groups in total. The van der Waals surface area contributed by atoms with Crippen molar-refractivity contribution >= 4 is 13.7 Å². The van der Waals surface area contributed by atoms with Gasteiger partial charge in [0.15, 0.2) is 0 Å². The Morgan fingerprint density at radius 3 is 1.35 bits per heavy atom. The van der Waals surface area contributed by atoms with Gasteiger partial charge in [-0.3, -0.25) is 13.8 Å². The van der Waals surface area contributed by atoms with Crippen LogP contribution in [0, 0.1) is 0 Å². The zero-order chi connectivity index (χ0) is 42.1. The first-order valence-electron chi connectivity index (χ1n) is 24.2. The molecule has 0 aromatic rings. The predicted molar refractivity (Wildman–Crippen MR) is 245 cm³/mol. The molecular formula is C48H96N2O6P+. The van der Waals surface area contributed by atoms with Gasteiger partial charge < -0.3 is 19.8 Å². The average Bonchev–Trinajstić information content (AvgIpc) is 3.16. The Hall–Kier alpha value is -1.02. The molecule has 0 bridgehead atoms. The third-order valence-electron chi connectivity index (χ3n) is 10.9. The molecule has 0 rings (SSSR count). The Labute approximate surface area is 354 Å². The first-order chi connectivity index (χ1) is 27.5. The molecule has 0 aromatic heterocycles. The number of likely N-dealkylation sites (N-methyl/N-ethyl adjacent to an activating group) is 1. The summed E-state index contributed by atoms with van der Waals surface area (Å²) in [6.45, 7) is 4.82. The van der Waals surface area contributed by atoms with E-state index in [0.717, 1.165) is 38.5 Å². The standard InChI is InChI=1S/C48H95N2O6P/c1-6-8-10-12-14-16-18-20-22-23-24-25-26-27-28-30-32-34-36-38-40-42-48(52)49-46(45-56-57(53,54)55-44-43-50(3,4)5)47(51)41-39-37-35-33-31-29-21-19-17-15-13-11-9-7-2/h20,22,39,41,46-47,51H,6-19,21,23-38,40,42-45H2,1-5H3,(H-,49,52,53,54)/p+1/b22-20+,41-39+/t46-,47+/m0/s1. The number of phosphoric ester groups is 1. The van der Waals surface area contributed by atoms with Crippen molar-refractivity contribution in [2.45, 2.75) is 238 Å². The lowest BCUT2D eigenvalue weighted by molar-refractivity contribution is -0.870. The van der Waals surface area contributed by atoms with Crippen LogP contribution in [0.25, 0.3) is 0 Å². The van der Waals surface area contributed by atoms with E-state index in [2.05, 4.69) is 31.3 Å². The highest BCUT2D eigenvalue weighted by molar-refractivity contribution is 7.47. The summed E-state index contributed by atoms with van der Waals surface area (Å²) in [7, 11) is 1.58. The molecule has 57 heavy (non-hydrogen) atoms. The Morgan fingerprint density at radius 1 is 0.579 bits per heavy atom. The normalized spacial score (nSPS) is 14.4. The molecule has 0 aliphatic carbocycles. The molecule has 1 unspecified atom stereocenters. The van der Waals surface area contributed by atoms with Gasteiger partial charge in [-0.15, -0.1) is 0 Å². The van der Waals surface area contributed by atoms with Gasteiger partial charge in [-0.25, -0.2) is 4.57 Å². The number of carbonyl (C=O) groups excluding carboxylic acids is 1. The maximum atomic E-state index is 12.9. The Kier molecular flexibility index (Phi) is 39.7. The van der Waals surface area contributed by atoms with Crippen molar-refractivity contribution in [2.75, 3.05) is 40.9 Å². The maximum absolute atomic E-state index is 12.9. The van der Waals surface area contributed by atoms with Crippen LogP contribution in [0.1, 0.15) is 226 Å². The Balaban J connectivity index is 4.30. The van der Waals surface area contributed by atoms with Gasteiger partial charge in [0.2, 0.25) is 5.91 Å². The number of hydrogen-bond donors (Lipinski definition) is 3. The summed E-state index contributed by atoms with van der Waals surface area (Å²) in [6.07, 6.45) is 48.2. The first kappa shape index (κ1) is 56.0. The van der Waals surface area contributed by atoms with E-state index in [9.17, 15) is 19.4 Å². The number of phosphoric acid groups is 1. The molecular weight excluding hydrogens is 732 g/mol. The van der Waals surface area contributed by atoms with Crippen molar-refractivity contribution in [2.24, 2.45) is 0 Å². The molecule has 0 saturated heterocycles. The second kappa shape index (κ2) is 40.4. The van der Waals surface area contributed by atoms with Crippen molar-refractivity contribution in [1.82, 2.24) is 5.32 Å². The molecule has 0 radical (unpaired) electrons. The van der Waals surface area contributed by atoms with Gasteiger partial charge in [0.25, 0.3) is 0 Å². The molecule has 0 spiro atoms. The van der Waals surface area contributed by atoms with Crippen LogP contribution in [-0.2, 0) is 18.4 Å². The fourth-order valence-corrected chi connectivity index (χ4v) is 7.77. The summed E-state index contributed by atoms with van der Waals surface area (Å²) in [5, 5.41) is 13.8. The third-order valence-corrected chi connectivity index (χ3v) is 11.9. The van der Waals surface area contributed by atoms with E-state index in [1.54, 1.807) is 6.08 Å². The van der Waals surface area contributed by atoms with Gasteiger partial charge in [0.1, 0.15) is 13.2 Å². The molecule has 0 heterocycles. The van der Waals surface area contributed by atoms with Crippen LogP contribution in [0.4, 0.5) is 0 Å². The SMILES string of the molecule is CCCCCCCC/C=C/CCCCCCCCCCCCCC(=O)N[C@@H](COP(=O)(O)OCC[N+](C)(C)C)[C@H](O)/C=C/CCCCCCCCCCCCCC. The van der Waals surface area contributed by atoms with Gasteiger partial charge >= 0.3 is 7.82 Å². The fraction of sp³-hybridized carbons (Fsp3) is 0.896. The minimum absolute atomic E-state index is 0.0628. The summed E-state index contributed by atoms with van der Waals surface area (Å²) >= 11 is 0. The van der Waals surface area contributed by atoms with E-state index < -0.39 is 20.0 Å². The largest absolute Gasteiger partial charge is 0.472 e. The fourth-order valence-electron chi connectivity index (χ4n) is 7.04. The molecule has 0 aliphatic rings. The van der Waals surface area contributed by atoms with Gasteiger partial charge in [-0.2, -0.15) is 0 Å². The molecule has 3 atom stereocenters. The minimum atomic E-state index is -4.34. The number of nitrogens with zero attached hydrogens (tertiary/aromatic N) is 1. The number of rotatable bonds is 44. The van der Waals surface area contributed by atoms with Gasteiger partial charge in [-0.05, 0) is 44.9 Å². The quantitative estimate of drug-likeness (QED) is 0.0244. The zero-order valence-corrected chi connectivity index (χ0v) is 39.2. The Bertz CT molecular complexity index is 984. The number of hydrogen-bond acceptors (Lipinski definition) is 5. The number of nitrogens with one attached hydrogen (secondary N) is 1. The lowest BCUT2D eigenvalue weighted by Gasteiger charge is -2.25. The molecule has 0 saturated carbocycles. The number of aliphatic hydroxyl groups is 1. The summed E-state index contributed by atoms with van der Waals surface area (Å²) in [4.78, 5) is 23.2. The molecule has 0 aliphatic heterocycles. The Morgan fingerprint density at radius 2 is 0.947 bits per heavy atom. The second-order valence-corrected chi connectivity index (χ2v) is 19.3. The molecule has 338 valence electrons. The lowest BCUT2D eigenvalue weighted by Crippen LogP contribution is -2.45. The predicted octanol–water partition coefficient (Wildman–Crippen LogP) is 13.7. The number of amides is 1. The minimum Gasteiger partial charge on any atom is -0.387 e. The molecule has 0 fully saturated rings. The maximum Gasteiger partial charge on any atom is 0.472 e. The van der Waals surface area contributed by atoms with Crippen LogP contribution in [0.3, 0.4) is 0 Å². The molecule has 1 amide bonds. The summed E-state index contributed by atoms with van der Waals surface area (Å²) in [5.74, 6) is -0.177. The van der Waals surface area contributed by atoms with E-state index in [4.69, 9.17) is 9.05 Å². The van der Waals surface area contributed by atoms with E-state index in [1.165, 1.54) is 167 Å². The molecule has 8 nitrogen and oxygen atoms in total. The van der Waals surface area contributed by atoms with Crippen LogP contribution >= 0.6 is 7.82 Å². The molecule has 0 aromatic carbocycles. The number of aliphatic hydroxyl groups excluding tert-OH is 1. The van der Waals surface area contributed by atoms with Crippen LogP contribution in [0.2, 0.25) is 0 Å². The summed E-state index contributed by atoms with van der Waals surface area (Å²) in [5.41, 5.74) is 0. The lowest BCUT2D eigenvalue weighted by atomic mass is 10.0. The highest BCUT2D eigenvalue weighted by Crippen LogP contribution is 2.43. The van der Waals surface area contributed by atoms with E-state index in [-0.39, 0.29) is 19.1 Å². The highest BCUT2D eigenvalue weighted by atomic mass is 31.2. The topological polar surface area (TPSA) is 105 Å². The zero-order valence-electron chi connectivity index (χ0n) is 38.3. The number of allylic oxidation sites excluding steroid dienone is 3. The third kappa shape index (κ3) is 42.9. The van der Waals surface area contributed by atoms with E-state index >= 15 is 0 Å². The smallest absolute Gasteiger partial charge is 0.387 e. The van der Waals surface area contributed by atoms with Gasteiger partial charge in [0, 0.05) is 6.42 Å². The van der Waals surface area contributed by atoms with Crippen molar-refractivity contribution in [3.05, 3.63) is 24.3 Å². The highest BCUT2D eigenvalue weighted by Gasteiger charge is 2.27. The van der Waals surface area contributed by atoms with Crippen LogP contribution in [0.5, 0.6) is 0 Å². The van der Waals surface area contributed by atoms with Crippen molar-refractivity contribution in [1.29, 1.82) is 0 Å². The van der Waals surface area contributed by atoms with Gasteiger partial charge in [-0.1, -0.05) is 199 Å². The van der Waals surface area contributed by atoms with E-state index in [0.29, 0.717) is 17.4 Å². The van der Waals surface area contributed by atoms with Crippen LogP contribution in [0.15, 0.2) is 24.3 Å². The van der Waals surface area contributed by atoms with Crippen LogP contribution in [-0.4, -0.2) is 73.4 Å². The van der Waals surface area contributed by atoms with Crippen molar-refractivity contribution in [3.8, 4) is 0 Å². The van der Waals surface area contributed by atoms with Crippen molar-refractivity contribution in [3.63, 3.8) is 0 Å². The number of quaternary nitrogens is 1. The van der Waals surface area contributed by atoms with Gasteiger partial charge in [0.05, 0.1) is 39.9 Å². The second-order valence-electron chi connectivity index (χ2n) is 17.8. The molecule has 9 heteroatoms. The monoisotopic (exact) mass is 828 g/mol. The summed E-state index contributed by atoms with van der Waals surface area (Å²) < 4.78 is 23.6.